The number of nitrogens with one attached hydrogen (secondary N) is 2. The van der Waals surface area contributed by atoms with Crippen LogP contribution in [0.5, 0.6) is 5.75 Å². The third kappa shape index (κ3) is 5.74. The molecule has 0 aliphatic carbocycles. The van der Waals surface area contributed by atoms with Gasteiger partial charge in [0.15, 0.2) is 18.2 Å². The molecule has 2 rings (SSSR count). The summed E-state index contributed by atoms with van der Waals surface area (Å²) in [4.78, 5) is 23.5. The van der Waals surface area contributed by atoms with E-state index in [0.717, 1.165) is 11.5 Å². The number of hydrogen-bond donors (Lipinski definition) is 2. The van der Waals surface area contributed by atoms with Crippen LogP contribution in [0.15, 0.2) is 29.4 Å². The first-order valence-electron chi connectivity index (χ1n) is 8.03. The van der Waals surface area contributed by atoms with Crippen LogP contribution in [0.3, 0.4) is 0 Å². The van der Waals surface area contributed by atoms with E-state index in [-0.39, 0.29) is 12.4 Å². The summed E-state index contributed by atoms with van der Waals surface area (Å²) in [5.74, 6) is -1.13. The fourth-order valence-electron chi connectivity index (χ4n) is 2.08. The second-order valence-electron chi connectivity index (χ2n) is 5.27. The molecular formula is C17H19FN4O4S. The highest BCUT2D eigenvalue weighted by Crippen LogP contribution is 2.25. The Morgan fingerprint density at radius 2 is 2.07 bits per heavy atom. The minimum absolute atomic E-state index is 0.0212. The van der Waals surface area contributed by atoms with Gasteiger partial charge in [0.2, 0.25) is 0 Å². The molecule has 1 heterocycles. The molecule has 0 unspecified atom stereocenters. The zero-order valence-corrected chi connectivity index (χ0v) is 15.9. The lowest BCUT2D eigenvalue weighted by molar-refractivity contribution is -0.123. The van der Waals surface area contributed by atoms with E-state index in [9.17, 15) is 14.0 Å². The molecule has 0 saturated carbocycles. The fraction of sp³-hybridized carbons (Fsp3) is 0.294. The van der Waals surface area contributed by atoms with Gasteiger partial charge in [-0.25, -0.2) is 14.6 Å². The van der Waals surface area contributed by atoms with Crippen molar-refractivity contribution in [1.82, 2.24) is 9.80 Å². The largest absolute Gasteiger partial charge is 0.481 e. The Morgan fingerprint density at radius 3 is 2.78 bits per heavy atom. The topological polar surface area (TPSA) is 102 Å². The van der Waals surface area contributed by atoms with Gasteiger partial charge in [0.25, 0.3) is 5.91 Å². The highest BCUT2D eigenvalue weighted by molar-refractivity contribution is 7.11. The van der Waals surface area contributed by atoms with Crippen LogP contribution in [0, 0.1) is 12.7 Å². The summed E-state index contributed by atoms with van der Waals surface area (Å²) in [5.41, 5.74) is 4.00. The monoisotopic (exact) mass is 394 g/mol. The van der Waals surface area contributed by atoms with Crippen molar-refractivity contribution in [3.63, 3.8) is 0 Å². The molecule has 144 valence electrons. The van der Waals surface area contributed by atoms with Crippen molar-refractivity contribution in [2.45, 2.75) is 20.8 Å². The van der Waals surface area contributed by atoms with Crippen LogP contribution in [0.2, 0.25) is 0 Å². The Balaban J connectivity index is 1.99. The second-order valence-corrected chi connectivity index (χ2v) is 6.04. The molecule has 0 saturated heterocycles. The molecule has 0 bridgehead atoms. The van der Waals surface area contributed by atoms with Crippen LogP contribution >= 0.6 is 11.5 Å². The van der Waals surface area contributed by atoms with Crippen molar-refractivity contribution >= 4 is 34.2 Å². The number of ether oxygens (including phenoxy) is 2. The number of carbonyl (C=O) groups is 2. The van der Waals surface area contributed by atoms with Crippen molar-refractivity contribution in [2.24, 2.45) is 5.10 Å². The molecule has 10 heteroatoms. The molecule has 0 aliphatic heterocycles. The Hall–Kier alpha value is -3.01. The van der Waals surface area contributed by atoms with Gasteiger partial charge < -0.3 is 9.47 Å². The first-order chi connectivity index (χ1) is 12.9. The number of hydrazone groups is 1. The van der Waals surface area contributed by atoms with Gasteiger partial charge in [-0.2, -0.15) is 9.47 Å². The lowest BCUT2D eigenvalue weighted by atomic mass is 10.2. The number of rotatable bonds is 7. The van der Waals surface area contributed by atoms with E-state index in [0.29, 0.717) is 22.0 Å². The third-order valence-corrected chi connectivity index (χ3v) is 4.11. The van der Waals surface area contributed by atoms with E-state index in [2.05, 4.69) is 20.2 Å². The summed E-state index contributed by atoms with van der Waals surface area (Å²) in [6, 6.07) is 5.78. The molecule has 0 atom stereocenters. The molecule has 0 radical (unpaired) electrons. The standard InChI is InChI=1S/C17H19FN4O4S/c1-4-25-17(24)19-16-15(11(3)22-27-16)10(2)20-21-14(23)9-26-13-8-6-5-7-12(13)18/h5-8H,4,9H2,1-3H3,(H,19,24)(H,21,23)/b20-10+. The van der Waals surface area contributed by atoms with E-state index >= 15 is 0 Å². The zero-order valence-electron chi connectivity index (χ0n) is 15.0. The molecule has 0 spiro atoms. The Bertz CT molecular complexity index is 853. The van der Waals surface area contributed by atoms with E-state index in [1.807, 2.05) is 0 Å². The molecule has 1 aromatic heterocycles. The number of halogens is 1. The molecule has 1 aromatic carbocycles. The van der Waals surface area contributed by atoms with Crippen molar-refractivity contribution in [1.29, 1.82) is 0 Å². The maximum atomic E-state index is 13.5. The predicted molar refractivity (Wildman–Crippen MR) is 99.7 cm³/mol. The Kier molecular flexibility index (Phi) is 7.24. The van der Waals surface area contributed by atoms with Gasteiger partial charge in [-0.05, 0) is 44.4 Å². The summed E-state index contributed by atoms with van der Waals surface area (Å²) >= 11 is 1.08. The molecule has 2 N–H and O–H groups in total. The highest BCUT2D eigenvalue weighted by Gasteiger charge is 2.17. The molecule has 2 aromatic rings. The summed E-state index contributed by atoms with van der Waals surface area (Å²) in [5, 5.41) is 7.04. The van der Waals surface area contributed by atoms with Crippen LogP contribution in [0.1, 0.15) is 25.1 Å². The Labute approximate surface area is 159 Å². The first kappa shape index (κ1) is 20.3. The lowest BCUT2D eigenvalue weighted by Gasteiger charge is -2.08. The van der Waals surface area contributed by atoms with E-state index in [4.69, 9.17) is 9.47 Å². The van der Waals surface area contributed by atoms with Gasteiger partial charge in [0, 0.05) is 0 Å². The summed E-state index contributed by atoms with van der Waals surface area (Å²) in [6.45, 7) is 4.95. The Morgan fingerprint density at radius 1 is 1.33 bits per heavy atom. The maximum absolute atomic E-state index is 13.5. The summed E-state index contributed by atoms with van der Waals surface area (Å²) < 4.78 is 27.6. The van der Waals surface area contributed by atoms with Crippen molar-refractivity contribution < 1.29 is 23.5 Å². The molecule has 2 amide bonds. The summed E-state index contributed by atoms with van der Waals surface area (Å²) in [7, 11) is 0. The smallest absolute Gasteiger partial charge is 0.412 e. The number of nitrogens with zero attached hydrogens (tertiary/aromatic N) is 2. The number of para-hydroxylation sites is 1. The van der Waals surface area contributed by atoms with Gasteiger partial charge in [0.1, 0.15) is 5.00 Å². The maximum Gasteiger partial charge on any atom is 0.412 e. The van der Waals surface area contributed by atoms with Gasteiger partial charge >= 0.3 is 6.09 Å². The van der Waals surface area contributed by atoms with Crippen LogP contribution in [-0.2, 0) is 9.53 Å². The van der Waals surface area contributed by atoms with Crippen molar-refractivity contribution in [3.8, 4) is 5.75 Å². The quantitative estimate of drug-likeness (QED) is 0.555. The number of aromatic nitrogens is 1. The van der Waals surface area contributed by atoms with E-state index < -0.39 is 24.4 Å². The third-order valence-electron chi connectivity index (χ3n) is 3.26. The highest BCUT2D eigenvalue weighted by atomic mass is 32.1. The zero-order chi connectivity index (χ0) is 19.8. The fourth-order valence-corrected chi connectivity index (χ4v) is 2.92. The number of carbonyl (C=O) groups excluding carboxylic acids is 2. The van der Waals surface area contributed by atoms with Crippen LogP contribution < -0.4 is 15.5 Å². The first-order valence-corrected chi connectivity index (χ1v) is 8.80. The SMILES string of the molecule is CCOC(=O)Nc1snc(C)c1/C(C)=N/NC(=O)COc1ccccc1F. The van der Waals surface area contributed by atoms with E-state index in [1.54, 1.807) is 26.8 Å². The van der Waals surface area contributed by atoms with Crippen LogP contribution in [-0.4, -0.2) is 35.3 Å². The second kappa shape index (κ2) is 9.62. The number of hydrogen-bond acceptors (Lipinski definition) is 7. The molecule has 27 heavy (non-hydrogen) atoms. The minimum Gasteiger partial charge on any atom is -0.481 e. The number of benzene rings is 1. The minimum atomic E-state index is -0.600. The van der Waals surface area contributed by atoms with Crippen LogP contribution in [0.4, 0.5) is 14.2 Å². The average Bonchev–Trinajstić information content (AvgIpc) is 2.99. The van der Waals surface area contributed by atoms with Crippen molar-refractivity contribution in [2.75, 3.05) is 18.5 Å². The van der Waals surface area contributed by atoms with Crippen LogP contribution in [0.25, 0.3) is 0 Å². The number of aryl methyl sites for hydroxylation is 1. The lowest BCUT2D eigenvalue weighted by Crippen LogP contribution is -2.26. The summed E-state index contributed by atoms with van der Waals surface area (Å²) in [6.07, 6.45) is -0.600. The van der Waals surface area contributed by atoms with Gasteiger partial charge in [-0.1, -0.05) is 12.1 Å². The van der Waals surface area contributed by atoms with Gasteiger partial charge in [0.05, 0.1) is 23.6 Å². The van der Waals surface area contributed by atoms with Gasteiger partial charge in [-0.15, -0.1) is 0 Å². The molecule has 0 aliphatic rings. The number of anilines is 1. The molecular weight excluding hydrogens is 375 g/mol. The molecule has 0 fully saturated rings. The van der Waals surface area contributed by atoms with Crippen molar-refractivity contribution in [3.05, 3.63) is 41.3 Å². The predicted octanol–water partition coefficient (Wildman–Crippen LogP) is 3.08. The number of amides is 2. The average molecular weight is 394 g/mol. The van der Waals surface area contributed by atoms with E-state index in [1.165, 1.54) is 18.2 Å². The molecule has 8 nitrogen and oxygen atoms in total. The van der Waals surface area contributed by atoms with Gasteiger partial charge in [-0.3, -0.25) is 10.1 Å². The normalized spacial score (nSPS) is 11.0.